The van der Waals surface area contributed by atoms with E-state index in [0.29, 0.717) is 0 Å². The lowest BCUT2D eigenvalue weighted by atomic mass is 9.81. The van der Waals surface area contributed by atoms with E-state index in [2.05, 4.69) is 18.6 Å². The van der Waals surface area contributed by atoms with Crippen LogP contribution < -0.4 is 0 Å². The average molecular weight is 412 g/mol. The molecule has 2 aromatic carbocycles. The lowest BCUT2D eigenvalue weighted by molar-refractivity contribution is -0.138. The molecule has 0 aliphatic heterocycles. The molecular formula is C20H27O5S2+. The predicted molar refractivity (Wildman–Crippen MR) is 110 cm³/mol. The zero-order chi connectivity index (χ0) is 20.8. The molecule has 148 valence electrons. The number of aryl methyl sites for hydroxylation is 1. The van der Waals surface area contributed by atoms with Crippen LogP contribution in [0.1, 0.15) is 31.4 Å². The van der Waals surface area contributed by atoms with E-state index in [0.717, 1.165) is 11.1 Å². The van der Waals surface area contributed by atoms with Gasteiger partial charge < -0.3 is 5.11 Å². The summed E-state index contributed by atoms with van der Waals surface area (Å²) >= 11 is 0. The van der Waals surface area contributed by atoms with Crippen LogP contribution in [0.3, 0.4) is 0 Å². The Hall–Kier alpha value is -1.83. The van der Waals surface area contributed by atoms with Gasteiger partial charge in [-0.25, -0.2) is 0 Å². The van der Waals surface area contributed by atoms with Crippen LogP contribution in [-0.4, -0.2) is 36.6 Å². The van der Waals surface area contributed by atoms with Gasteiger partial charge in [-0.3, -0.25) is 9.35 Å². The van der Waals surface area contributed by atoms with E-state index < -0.39 is 16.1 Å². The van der Waals surface area contributed by atoms with Crippen molar-refractivity contribution in [3.8, 4) is 0 Å². The fourth-order valence-corrected chi connectivity index (χ4v) is 4.18. The zero-order valence-electron chi connectivity index (χ0n) is 16.3. The van der Waals surface area contributed by atoms with E-state index in [4.69, 9.17) is 9.66 Å². The number of rotatable bonds is 5. The summed E-state index contributed by atoms with van der Waals surface area (Å²) in [5, 5.41) is 8.94. The van der Waals surface area contributed by atoms with Crippen molar-refractivity contribution in [2.45, 2.75) is 42.4 Å². The SMILES string of the molecule is C[S+](C)c1ccccc1C(C)(C)CC(=O)O.Cc1ccc(S(=O)(=O)O)cc1. The first-order chi connectivity index (χ1) is 12.3. The van der Waals surface area contributed by atoms with E-state index in [1.165, 1.54) is 17.0 Å². The molecule has 27 heavy (non-hydrogen) atoms. The van der Waals surface area contributed by atoms with Crippen LogP contribution >= 0.6 is 0 Å². The number of carboxylic acid groups (broad SMARTS) is 1. The lowest BCUT2D eigenvalue weighted by Gasteiger charge is -2.24. The molecule has 0 aromatic heterocycles. The molecule has 0 bridgehead atoms. The molecular weight excluding hydrogens is 384 g/mol. The highest BCUT2D eigenvalue weighted by Gasteiger charge is 2.30. The maximum Gasteiger partial charge on any atom is 0.304 e. The summed E-state index contributed by atoms with van der Waals surface area (Å²) < 4.78 is 29.6. The summed E-state index contributed by atoms with van der Waals surface area (Å²) in [6.45, 7) is 5.83. The Morgan fingerprint density at radius 1 is 1.04 bits per heavy atom. The Balaban J connectivity index is 0.000000289. The molecule has 2 N–H and O–H groups in total. The van der Waals surface area contributed by atoms with Crippen molar-refractivity contribution in [1.29, 1.82) is 0 Å². The molecule has 0 spiro atoms. The van der Waals surface area contributed by atoms with Crippen LogP contribution in [0.25, 0.3) is 0 Å². The Morgan fingerprint density at radius 2 is 1.56 bits per heavy atom. The summed E-state index contributed by atoms with van der Waals surface area (Å²) in [6, 6.07) is 14.1. The maximum atomic E-state index is 10.9. The summed E-state index contributed by atoms with van der Waals surface area (Å²) in [4.78, 5) is 12.1. The Morgan fingerprint density at radius 3 is 2.00 bits per heavy atom. The number of carbonyl (C=O) groups is 1. The molecule has 0 fully saturated rings. The lowest BCUT2D eigenvalue weighted by Crippen LogP contribution is -2.24. The van der Waals surface area contributed by atoms with E-state index in [1.54, 1.807) is 12.1 Å². The van der Waals surface area contributed by atoms with Crippen molar-refractivity contribution in [2.24, 2.45) is 0 Å². The molecule has 0 aliphatic rings. The fraction of sp³-hybridized carbons (Fsp3) is 0.350. The maximum absolute atomic E-state index is 10.9. The topological polar surface area (TPSA) is 91.7 Å². The van der Waals surface area contributed by atoms with Crippen molar-refractivity contribution >= 4 is 27.0 Å². The molecule has 0 radical (unpaired) electrons. The largest absolute Gasteiger partial charge is 0.481 e. The van der Waals surface area contributed by atoms with Gasteiger partial charge in [0.1, 0.15) is 12.5 Å². The molecule has 0 saturated carbocycles. The van der Waals surface area contributed by atoms with E-state index in [-0.39, 0.29) is 27.6 Å². The first-order valence-corrected chi connectivity index (χ1v) is 11.8. The Bertz CT molecular complexity index is 870. The Labute approximate surface area is 164 Å². The minimum absolute atomic E-state index is 0.0666. The highest BCUT2D eigenvalue weighted by Crippen LogP contribution is 2.32. The van der Waals surface area contributed by atoms with Crippen molar-refractivity contribution < 1.29 is 22.9 Å². The second-order valence-electron chi connectivity index (χ2n) is 7.06. The van der Waals surface area contributed by atoms with Crippen LogP contribution in [0.15, 0.2) is 58.3 Å². The van der Waals surface area contributed by atoms with E-state index in [9.17, 15) is 13.2 Å². The van der Waals surface area contributed by atoms with Gasteiger partial charge in [0, 0.05) is 21.9 Å². The van der Waals surface area contributed by atoms with Crippen molar-refractivity contribution in [2.75, 3.05) is 12.5 Å². The van der Waals surface area contributed by atoms with Gasteiger partial charge in [-0.1, -0.05) is 49.7 Å². The third-order valence-electron chi connectivity index (χ3n) is 3.97. The van der Waals surface area contributed by atoms with Gasteiger partial charge in [0.05, 0.1) is 11.3 Å². The minimum Gasteiger partial charge on any atom is -0.481 e. The van der Waals surface area contributed by atoms with Gasteiger partial charge in [-0.05, 0) is 25.1 Å². The Kier molecular flexibility index (Phi) is 8.07. The normalized spacial score (nSPS) is 11.7. The molecule has 0 saturated heterocycles. The number of hydrogen-bond acceptors (Lipinski definition) is 3. The van der Waals surface area contributed by atoms with Crippen LogP contribution in [0.2, 0.25) is 0 Å². The molecule has 0 heterocycles. The molecule has 7 heteroatoms. The predicted octanol–water partition coefficient (Wildman–Crippen LogP) is 3.92. The number of aliphatic carboxylic acids is 1. The highest BCUT2D eigenvalue weighted by atomic mass is 32.2. The van der Waals surface area contributed by atoms with Gasteiger partial charge in [-0.15, -0.1) is 0 Å². The van der Waals surface area contributed by atoms with Gasteiger partial charge in [-0.2, -0.15) is 8.42 Å². The fourth-order valence-electron chi connectivity index (χ4n) is 2.57. The van der Waals surface area contributed by atoms with Gasteiger partial charge in [0.2, 0.25) is 0 Å². The molecule has 5 nitrogen and oxygen atoms in total. The number of carboxylic acids is 1. The smallest absolute Gasteiger partial charge is 0.304 e. The van der Waals surface area contributed by atoms with Crippen molar-refractivity contribution in [3.05, 3.63) is 59.7 Å². The molecule has 0 aliphatic carbocycles. The van der Waals surface area contributed by atoms with Gasteiger partial charge >= 0.3 is 5.97 Å². The molecule has 2 aromatic rings. The zero-order valence-corrected chi connectivity index (χ0v) is 17.9. The van der Waals surface area contributed by atoms with Crippen LogP contribution in [0.5, 0.6) is 0 Å². The summed E-state index contributed by atoms with van der Waals surface area (Å²) in [5.41, 5.74) is 1.81. The van der Waals surface area contributed by atoms with Crippen molar-refractivity contribution in [1.82, 2.24) is 0 Å². The minimum atomic E-state index is -4.02. The van der Waals surface area contributed by atoms with Crippen LogP contribution in [-0.2, 0) is 31.2 Å². The van der Waals surface area contributed by atoms with Crippen LogP contribution in [0.4, 0.5) is 0 Å². The molecule has 0 unspecified atom stereocenters. The summed E-state index contributed by atoms with van der Waals surface area (Å²) in [5.74, 6) is -0.744. The highest BCUT2D eigenvalue weighted by molar-refractivity contribution is 7.95. The number of hydrogen-bond donors (Lipinski definition) is 2. The molecule has 0 atom stereocenters. The van der Waals surface area contributed by atoms with E-state index >= 15 is 0 Å². The first-order valence-electron chi connectivity index (χ1n) is 8.27. The van der Waals surface area contributed by atoms with Gasteiger partial charge in [0.15, 0.2) is 4.90 Å². The third-order valence-corrected chi connectivity index (χ3v) is 6.07. The second kappa shape index (κ2) is 9.39. The monoisotopic (exact) mass is 411 g/mol. The third kappa shape index (κ3) is 7.36. The van der Waals surface area contributed by atoms with Crippen LogP contribution in [0, 0.1) is 6.92 Å². The standard InChI is InChI=1S/C13H18O2S.C7H8O3S/c1-13(2,9-12(14)15)10-7-5-6-8-11(10)16(3)4;1-6-2-4-7(5-3-6)11(8,9)10/h5-8H,9H2,1-4H3;2-5H,1H3,(H,8,9,10)/p+1. The van der Waals surface area contributed by atoms with E-state index in [1.807, 2.05) is 39.0 Å². The molecule has 0 amide bonds. The molecule has 2 rings (SSSR count). The summed E-state index contributed by atoms with van der Waals surface area (Å²) in [7, 11) is -3.86. The first kappa shape index (κ1) is 23.2. The quantitative estimate of drug-likeness (QED) is 0.575. The van der Waals surface area contributed by atoms with Crippen molar-refractivity contribution in [3.63, 3.8) is 0 Å². The average Bonchev–Trinajstić information content (AvgIpc) is 2.54. The second-order valence-corrected chi connectivity index (χ2v) is 10.5. The number of benzene rings is 2. The van der Waals surface area contributed by atoms with Gasteiger partial charge in [0.25, 0.3) is 10.1 Å². The summed E-state index contributed by atoms with van der Waals surface area (Å²) in [6.07, 6.45) is 4.49.